The van der Waals surface area contributed by atoms with Gasteiger partial charge in [-0.2, -0.15) is 0 Å². The summed E-state index contributed by atoms with van der Waals surface area (Å²) in [6.07, 6.45) is 0.958. The molecule has 1 saturated heterocycles. The van der Waals surface area contributed by atoms with E-state index in [1.165, 1.54) is 4.88 Å². The summed E-state index contributed by atoms with van der Waals surface area (Å²) in [7, 11) is 1.92. The molecule has 0 saturated carbocycles. The van der Waals surface area contributed by atoms with Crippen molar-refractivity contribution in [2.75, 3.05) is 20.1 Å². The van der Waals surface area contributed by atoms with Crippen LogP contribution in [0.2, 0.25) is 0 Å². The van der Waals surface area contributed by atoms with Gasteiger partial charge in [-0.1, -0.05) is 6.07 Å². The molecule has 4 heteroatoms. The van der Waals surface area contributed by atoms with Crippen molar-refractivity contribution in [2.45, 2.75) is 19.4 Å². The van der Waals surface area contributed by atoms with Gasteiger partial charge in [0.05, 0.1) is 5.92 Å². The van der Waals surface area contributed by atoms with E-state index in [1.807, 2.05) is 11.9 Å². The lowest BCUT2D eigenvalue weighted by atomic mass is 10.0. The molecule has 1 unspecified atom stereocenters. The minimum absolute atomic E-state index is 0.204. The van der Waals surface area contributed by atoms with Crippen molar-refractivity contribution in [1.82, 2.24) is 10.2 Å². The predicted octanol–water partition coefficient (Wildman–Crippen LogP) is 1.36. The van der Waals surface area contributed by atoms with Crippen molar-refractivity contribution >= 4 is 17.2 Å². The number of carbonyl (C=O) groups excluding carboxylic acids is 1. The standard InChI is InChI=1S/C12H18N2OS/c1-9(6-11-4-3-5-16-11)14(2)12(15)10-7-13-8-10/h3-5,9-10,13H,6-8H2,1-2H3. The molecule has 88 valence electrons. The summed E-state index contributed by atoms with van der Waals surface area (Å²) in [6, 6.07) is 4.47. The van der Waals surface area contributed by atoms with E-state index >= 15 is 0 Å². The van der Waals surface area contributed by atoms with Gasteiger partial charge in [-0.15, -0.1) is 11.3 Å². The molecule has 2 rings (SSSR count). The van der Waals surface area contributed by atoms with E-state index in [0.29, 0.717) is 0 Å². The maximum absolute atomic E-state index is 12.0. The van der Waals surface area contributed by atoms with Gasteiger partial charge >= 0.3 is 0 Å². The molecule has 0 spiro atoms. The Labute approximate surface area is 100 Å². The maximum atomic E-state index is 12.0. The van der Waals surface area contributed by atoms with Gasteiger partial charge < -0.3 is 10.2 Å². The summed E-state index contributed by atoms with van der Waals surface area (Å²) in [5.74, 6) is 0.485. The van der Waals surface area contributed by atoms with Crippen molar-refractivity contribution in [3.05, 3.63) is 22.4 Å². The molecule has 2 heterocycles. The van der Waals surface area contributed by atoms with E-state index in [2.05, 4.69) is 29.8 Å². The second-order valence-corrected chi connectivity index (χ2v) is 5.47. The third-order valence-electron chi connectivity index (χ3n) is 3.22. The Morgan fingerprint density at radius 2 is 2.44 bits per heavy atom. The minimum Gasteiger partial charge on any atom is -0.342 e. The van der Waals surface area contributed by atoms with Crippen LogP contribution in [0, 0.1) is 5.92 Å². The smallest absolute Gasteiger partial charge is 0.228 e. The lowest BCUT2D eigenvalue weighted by Crippen LogP contribution is -2.53. The van der Waals surface area contributed by atoms with Gasteiger partial charge in [0.25, 0.3) is 0 Å². The molecule has 1 aromatic rings. The highest BCUT2D eigenvalue weighted by Gasteiger charge is 2.29. The Kier molecular flexibility index (Phi) is 3.61. The SMILES string of the molecule is CC(Cc1cccs1)N(C)C(=O)C1CNC1. The molecule has 0 aromatic carbocycles. The monoisotopic (exact) mass is 238 g/mol. The molecule has 1 amide bonds. The molecule has 0 bridgehead atoms. The molecule has 1 fully saturated rings. The number of rotatable bonds is 4. The van der Waals surface area contributed by atoms with Crippen molar-refractivity contribution in [1.29, 1.82) is 0 Å². The van der Waals surface area contributed by atoms with Crippen LogP contribution in [0.1, 0.15) is 11.8 Å². The van der Waals surface area contributed by atoms with Crippen molar-refractivity contribution in [3.8, 4) is 0 Å². The Morgan fingerprint density at radius 3 is 2.94 bits per heavy atom. The number of hydrogen-bond donors (Lipinski definition) is 1. The van der Waals surface area contributed by atoms with Crippen molar-refractivity contribution < 1.29 is 4.79 Å². The van der Waals surface area contributed by atoms with Crippen LogP contribution >= 0.6 is 11.3 Å². The zero-order valence-corrected chi connectivity index (χ0v) is 10.6. The molecule has 3 nitrogen and oxygen atoms in total. The van der Waals surface area contributed by atoms with Gasteiger partial charge in [-0.25, -0.2) is 0 Å². The third-order valence-corrected chi connectivity index (χ3v) is 4.11. The number of nitrogens with one attached hydrogen (secondary N) is 1. The molecule has 1 aromatic heterocycles. The highest BCUT2D eigenvalue weighted by Crippen LogP contribution is 2.16. The van der Waals surface area contributed by atoms with Crippen LogP contribution in [0.25, 0.3) is 0 Å². The molecule has 1 aliphatic heterocycles. The lowest BCUT2D eigenvalue weighted by Gasteiger charge is -2.33. The Hall–Kier alpha value is -0.870. The van der Waals surface area contributed by atoms with Crippen LogP contribution in [0.15, 0.2) is 17.5 Å². The Balaban J connectivity index is 1.88. The average Bonchev–Trinajstić information content (AvgIpc) is 2.66. The number of amides is 1. The number of hydrogen-bond acceptors (Lipinski definition) is 3. The molecule has 1 N–H and O–H groups in total. The normalized spacial score (nSPS) is 17.9. The van der Waals surface area contributed by atoms with Crippen LogP contribution in [-0.2, 0) is 11.2 Å². The number of thiophene rings is 1. The molecule has 16 heavy (non-hydrogen) atoms. The highest BCUT2D eigenvalue weighted by molar-refractivity contribution is 7.09. The summed E-state index contributed by atoms with van der Waals surface area (Å²) >= 11 is 1.76. The van der Waals surface area contributed by atoms with Gasteiger partial charge in [-0.05, 0) is 18.4 Å². The highest BCUT2D eigenvalue weighted by atomic mass is 32.1. The maximum Gasteiger partial charge on any atom is 0.228 e. The summed E-state index contributed by atoms with van der Waals surface area (Å²) in [4.78, 5) is 15.2. The van der Waals surface area contributed by atoms with Gasteiger partial charge in [0, 0.05) is 37.5 Å². The fourth-order valence-electron chi connectivity index (χ4n) is 1.83. The molecule has 1 atom stereocenters. The molecular weight excluding hydrogens is 220 g/mol. The molecule has 0 radical (unpaired) electrons. The second-order valence-electron chi connectivity index (χ2n) is 4.44. The van der Waals surface area contributed by atoms with Crippen LogP contribution in [0.3, 0.4) is 0 Å². The van der Waals surface area contributed by atoms with Crippen LogP contribution in [-0.4, -0.2) is 37.0 Å². The fraction of sp³-hybridized carbons (Fsp3) is 0.583. The quantitative estimate of drug-likeness (QED) is 0.859. The van der Waals surface area contributed by atoms with Crippen LogP contribution < -0.4 is 5.32 Å². The number of carbonyl (C=O) groups is 1. The van der Waals surface area contributed by atoms with E-state index in [-0.39, 0.29) is 17.9 Å². The first-order valence-corrected chi connectivity index (χ1v) is 6.56. The molecule has 0 aliphatic carbocycles. The lowest BCUT2D eigenvalue weighted by molar-refractivity contribution is -0.137. The van der Waals surface area contributed by atoms with Gasteiger partial charge in [0.15, 0.2) is 0 Å². The number of nitrogens with zero attached hydrogens (tertiary/aromatic N) is 1. The summed E-state index contributed by atoms with van der Waals surface area (Å²) in [6.45, 7) is 3.80. The van der Waals surface area contributed by atoms with E-state index < -0.39 is 0 Å². The average molecular weight is 238 g/mol. The van der Waals surface area contributed by atoms with Crippen LogP contribution in [0.5, 0.6) is 0 Å². The first kappa shape index (κ1) is 11.6. The Bertz CT molecular complexity index is 346. The minimum atomic E-state index is 0.204. The van der Waals surface area contributed by atoms with Gasteiger partial charge in [0.2, 0.25) is 5.91 Å². The number of likely N-dealkylation sites (N-methyl/N-ethyl adjacent to an activating group) is 1. The molecular formula is C12H18N2OS. The van der Waals surface area contributed by atoms with Gasteiger partial charge in [0.1, 0.15) is 0 Å². The largest absolute Gasteiger partial charge is 0.342 e. The zero-order chi connectivity index (χ0) is 11.5. The predicted molar refractivity (Wildman–Crippen MR) is 66.6 cm³/mol. The summed E-state index contributed by atoms with van der Waals surface area (Å²) in [5, 5.41) is 5.22. The van der Waals surface area contributed by atoms with E-state index in [0.717, 1.165) is 19.5 Å². The first-order valence-electron chi connectivity index (χ1n) is 5.68. The van der Waals surface area contributed by atoms with Crippen molar-refractivity contribution in [2.24, 2.45) is 5.92 Å². The topological polar surface area (TPSA) is 32.3 Å². The Morgan fingerprint density at radius 1 is 1.69 bits per heavy atom. The van der Waals surface area contributed by atoms with E-state index in [9.17, 15) is 4.79 Å². The third kappa shape index (κ3) is 2.44. The first-order chi connectivity index (χ1) is 7.68. The van der Waals surface area contributed by atoms with E-state index in [1.54, 1.807) is 11.3 Å². The summed E-state index contributed by atoms with van der Waals surface area (Å²) < 4.78 is 0. The van der Waals surface area contributed by atoms with Crippen molar-refractivity contribution in [3.63, 3.8) is 0 Å². The summed E-state index contributed by atoms with van der Waals surface area (Å²) in [5.41, 5.74) is 0. The van der Waals surface area contributed by atoms with Gasteiger partial charge in [-0.3, -0.25) is 4.79 Å². The van der Waals surface area contributed by atoms with Crippen LogP contribution in [0.4, 0.5) is 0 Å². The fourth-order valence-corrected chi connectivity index (χ4v) is 2.65. The second kappa shape index (κ2) is 4.97. The molecule has 1 aliphatic rings. The zero-order valence-electron chi connectivity index (χ0n) is 9.77. The van der Waals surface area contributed by atoms with E-state index in [4.69, 9.17) is 0 Å².